The number of ether oxygens (including phenoxy) is 2. The lowest BCUT2D eigenvalue weighted by Gasteiger charge is -2.26. The van der Waals surface area contributed by atoms with Crippen molar-refractivity contribution >= 4 is 16.0 Å². The molecule has 0 aromatic heterocycles. The van der Waals surface area contributed by atoms with Gasteiger partial charge in [0, 0.05) is 19.6 Å². The number of hydrogen-bond acceptors (Lipinski definition) is 6. The van der Waals surface area contributed by atoms with Crippen LogP contribution in [0.2, 0.25) is 0 Å². The van der Waals surface area contributed by atoms with E-state index >= 15 is 0 Å². The molecule has 1 heterocycles. The summed E-state index contributed by atoms with van der Waals surface area (Å²) in [6, 6.07) is 5.81. The van der Waals surface area contributed by atoms with Gasteiger partial charge in [0.2, 0.25) is 10.0 Å². The molecule has 0 saturated carbocycles. The van der Waals surface area contributed by atoms with Crippen molar-refractivity contribution in [1.29, 1.82) is 0 Å². The standard InChI is InChI=1S/C15H22N2O5S/c1-21-15(18)13-4-2-5-14(12-13)23(19,20)16-6-3-7-17-8-10-22-11-9-17/h2,4-5,12,16H,3,6-11H2,1H3. The summed E-state index contributed by atoms with van der Waals surface area (Å²) in [7, 11) is -2.37. The summed E-state index contributed by atoms with van der Waals surface area (Å²) >= 11 is 0. The number of morpholine rings is 1. The van der Waals surface area contributed by atoms with E-state index in [1.54, 1.807) is 0 Å². The van der Waals surface area contributed by atoms with E-state index in [0.717, 1.165) is 39.3 Å². The molecule has 1 aliphatic heterocycles. The third kappa shape index (κ3) is 5.28. The van der Waals surface area contributed by atoms with Crippen molar-refractivity contribution in [2.75, 3.05) is 46.5 Å². The third-order valence-electron chi connectivity index (χ3n) is 3.61. The number of benzene rings is 1. The van der Waals surface area contributed by atoms with Gasteiger partial charge in [-0.2, -0.15) is 0 Å². The lowest BCUT2D eigenvalue weighted by Crippen LogP contribution is -2.38. The van der Waals surface area contributed by atoms with Crippen LogP contribution in [0.4, 0.5) is 0 Å². The summed E-state index contributed by atoms with van der Waals surface area (Å²) in [5.74, 6) is -0.561. The Balaban J connectivity index is 1.87. The van der Waals surface area contributed by atoms with Crippen LogP contribution in [0.1, 0.15) is 16.8 Å². The first-order valence-electron chi connectivity index (χ1n) is 7.51. The van der Waals surface area contributed by atoms with Gasteiger partial charge in [-0.3, -0.25) is 4.90 Å². The topological polar surface area (TPSA) is 84.9 Å². The zero-order valence-electron chi connectivity index (χ0n) is 13.2. The Morgan fingerprint density at radius 2 is 2.09 bits per heavy atom. The van der Waals surface area contributed by atoms with Crippen LogP contribution in [0.3, 0.4) is 0 Å². The first-order valence-corrected chi connectivity index (χ1v) is 8.99. The van der Waals surface area contributed by atoms with Crippen molar-refractivity contribution in [1.82, 2.24) is 9.62 Å². The first kappa shape index (κ1) is 17.9. The van der Waals surface area contributed by atoms with Crippen LogP contribution in [0.25, 0.3) is 0 Å². The van der Waals surface area contributed by atoms with E-state index < -0.39 is 16.0 Å². The number of carbonyl (C=O) groups is 1. The van der Waals surface area contributed by atoms with E-state index in [9.17, 15) is 13.2 Å². The molecule has 0 spiro atoms. The highest BCUT2D eigenvalue weighted by Gasteiger charge is 2.16. The average molecular weight is 342 g/mol. The lowest BCUT2D eigenvalue weighted by atomic mass is 10.2. The SMILES string of the molecule is COC(=O)c1cccc(S(=O)(=O)NCCCN2CCOCC2)c1. The van der Waals surface area contributed by atoms with Crippen LogP contribution in [-0.4, -0.2) is 65.8 Å². The summed E-state index contributed by atoms with van der Waals surface area (Å²) in [5, 5.41) is 0. The number of nitrogens with one attached hydrogen (secondary N) is 1. The van der Waals surface area contributed by atoms with Gasteiger partial charge in [0.15, 0.2) is 0 Å². The quantitative estimate of drug-likeness (QED) is 0.573. The highest BCUT2D eigenvalue weighted by atomic mass is 32.2. The average Bonchev–Trinajstić information content (AvgIpc) is 2.59. The number of carbonyl (C=O) groups excluding carboxylic acids is 1. The molecule has 0 aliphatic carbocycles. The van der Waals surface area contributed by atoms with Gasteiger partial charge in [-0.15, -0.1) is 0 Å². The normalized spacial score (nSPS) is 16.2. The van der Waals surface area contributed by atoms with Gasteiger partial charge < -0.3 is 9.47 Å². The van der Waals surface area contributed by atoms with Crippen molar-refractivity contribution < 1.29 is 22.7 Å². The predicted octanol–water partition coefficient (Wildman–Crippen LogP) is 0.474. The highest BCUT2D eigenvalue weighted by Crippen LogP contribution is 2.12. The van der Waals surface area contributed by atoms with Crippen molar-refractivity contribution in [3.63, 3.8) is 0 Å². The molecular formula is C15H22N2O5S. The first-order chi connectivity index (χ1) is 11.0. The minimum Gasteiger partial charge on any atom is -0.465 e. The van der Waals surface area contributed by atoms with Gasteiger partial charge in [-0.05, 0) is 31.2 Å². The fourth-order valence-corrected chi connectivity index (χ4v) is 3.44. The van der Waals surface area contributed by atoms with Crippen LogP contribution < -0.4 is 4.72 Å². The second kappa shape index (κ2) is 8.39. The van der Waals surface area contributed by atoms with Gasteiger partial charge in [-0.25, -0.2) is 17.9 Å². The molecule has 1 aliphatic rings. The zero-order chi connectivity index (χ0) is 16.7. The van der Waals surface area contributed by atoms with E-state index in [-0.39, 0.29) is 10.5 Å². The molecule has 0 bridgehead atoms. The molecule has 1 aromatic rings. The number of sulfonamides is 1. The summed E-state index contributed by atoms with van der Waals surface area (Å²) in [6.07, 6.45) is 0.718. The zero-order valence-corrected chi connectivity index (χ0v) is 14.0. The lowest BCUT2D eigenvalue weighted by molar-refractivity contribution is 0.0376. The minimum atomic E-state index is -3.63. The maximum absolute atomic E-state index is 12.2. The molecule has 23 heavy (non-hydrogen) atoms. The Morgan fingerprint density at radius 3 is 2.78 bits per heavy atom. The van der Waals surface area contributed by atoms with E-state index in [0.29, 0.717) is 6.54 Å². The minimum absolute atomic E-state index is 0.0618. The second-order valence-electron chi connectivity index (χ2n) is 5.22. The number of rotatable bonds is 7. The van der Waals surface area contributed by atoms with Gasteiger partial charge in [-0.1, -0.05) is 6.07 Å². The molecule has 1 N–H and O–H groups in total. The molecule has 0 unspecified atom stereocenters. The van der Waals surface area contributed by atoms with E-state index in [4.69, 9.17) is 4.74 Å². The molecule has 1 saturated heterocycles. The van der Waals surface area contributed by atoms with Crippen LogP contribution in [-0.2, 0) is 19.5 Å². The molecule has 8 heteroatoms. The Hall–Kier alpha value is -1.48. The summed E-state index contributed by atoms with van der Waals surface area (Å²) in [4.78, 5) is 13.8. The Labute approximate surface area is 136 Å². The van der Waals surface area contributed by atoms with Crippen LogP contribution >= 0.6 is 0 Å². The Kier molecular flexibility index (Phi) is 6.52. The van der Waals surface area contributed by atoms with Crippen molar-refractivity contribution in [3.8, 4) is 0 Å². The smallest absolute Gasteiger partial charge is 0.337 e. The Bertz CT molecular complexity index is 627. The molecule has 2 rings (SSSR count). The maximum atomic E-state index is 12.2. The third-order valence-corrected chi connectivity index (χ3v) is 5.07. The number of esters is 1. The van der Waals surface area contributed by atoms with Crippen molar-refractivity contribution in [2.45, 2.75) is 11.3 Å². The van der Waals surface area contributed by atoms with Crippen LogP contribution in [0.15, 0.2) is 29.2 Å². The summed E-state index contributed by atoms with van der Waals surface area (Å²) in [5.41, 5.74) is 0.212. The molecule has 7 nitrogen and oxygen atoms in total. The molecule has 0 atom stereocenters. The number of nitrogens with zero attached hydrogens (tertiary/aromatic N) is 1. The molecule has 1 fully saturated rings. The summed E-state index contributed by atoms with van der Waals surface area (Å²) < 4.78 is 36.9. The van der Waals surface area contributed by atoms with Crippen molar-refractivity contribution in [3.05, 3.63) is 29.8 Å². The predicted molar refractivity (Wildman–Crippen MR) is 84.8 cm³/mol. The van der Waals surface area contributed by atoms with Crippen LogP contribution in [0, 0.1) is 0 Å². The molecular weight excluding hydrogens is 320 g/mol. The molecule has 1 aromatic carbocycles. The van der Waals surface area contributed by atoms with Gasteiger partial charge in [0.25, 0.3) is 0 Å². The maximum Gasteiger partial charge on any atom is 0.337 e. The van der Waals surface area contributed by atoms with Gasteiger partial charge in [0.05, 0.1) is 30.8 Å². The highest BCUT2D eigenvalue weighted by molar-refractivity contribution is 7.89. The second-order valence-corrected chi connectivity index (χ2v) is 6.99. The van der Waals surface area contributed by atoms with E-state index in [2.05, 4.69) is 14.4 Å². The molecule has 0 amide bonds. The van der Waals surface area contributed by atoms with Crippen molar-refractivity contribution in [2.24, 2.45) is 0 Å². The van der Waals surface area contributed by atoms with Crippen LogP contribution in [0.5, 0.6) is 0 Å². The van der Waals surface area contributed by atoms with E-state index in [1.807, 2.05) is 0 Å². The monoisotopic (exact) mass is 342 g/mol. The fourth-order valence-electron chi connectivity index (χ4n) is 2.33. The Morgan fingerprint density at radius 1 is 1.35 bits per heavy atom. The molecule has 128 valence electrons. The van der Waals surface area contributed by atoms with E-state index in [1.165, 1.54) is 31.4 Å². The summed E-state index contributed by atoms with van der Waals surface area (Å²) in [6.45, 7) is 4.40. The van der Waals surface area contributed by atoms with Gasteiger partial charge >= 0.3 is 5.97 Å². The number of methoxy groups -OCH3 is 1. The number of hydrogen-bond donors (Lipinski definition) is 1. The largest absolute Gasteiger partial charge is 0.465 e. The fraction of sp³-hybridized carbons (Fsp3) is 0.533. The van der Waals surface area contributed by atoms with Gasteiger partial charge in [0.1, 0.15) is 0 Å². The molecule has 0 radical (unpaired) electrons.